The molecule has 0 spiro atoms. The summed E-state index contributed by atoms with van der Waals surface area (Å²) < 4.78 is 5.45. The van der Waals surface area contributed by atoms with E-state index in [4.69, 9.17) is 4.74 Å². The van der Waals surface area contributed by atoms with Crippen LogP contribution < -0.4 is 0 Å². The minimum absolute atomic E-state index is 0.0723. The summed E-state index contributed by atoms with van der Waals surface area (Å²) in [5.41, 5.74) is 0.388. The minimum Gasteiger partial charge on any atom is -0.507 e. The Morgan fingerprint density at radius 2 is 2.15 bits per heavy atom. The first-order valence-electron chi connectivity index (χ1n) is 6.42. The van der Waals surface area contributed by atoms with Crippen LogP contribution in [0.4, 0.5) is 0 Å². The Morgan fingerprint density at radius 3 is 2.80 bits per heavy atom. The number of esters is 1. The van der Waals surface area contributed by atoms with Crippen molar-refractivity contribution in [2.75, 3.05) is 13.7 Å². The number of rotatable bonds is 2. The van der Waals surface area contributed by atoms with Gasteiger partial charge in [-0.2, -0.15) is 0 Å². The zero-order chi connectivity index (χ0) is 14.7. The number of carbonyl (C=O) groups excluding carboxylic acids is 2. The van der Waals surface area contributed by atoms with Gasteiger partial charge in [-0.3, -0.25) is 4.79 Å². The fraction of sp³-hybridized carbons (Fsp3) is 0.429. The van der Waals surface area contributed by atoms with Crippen LogP contribution in [0.15, 0.2) is 18.2 Å². The third-order valence-corrected chi connectivity index (χ3v) is 4.34. The highest BCUT2D eigenvalue weighted by Crippen LogP contribution is 2.24. The van der Waals surface area contributed by atoms with E-state index in [0.29, 0.717) is 22.1 Å². The van der Waals surface area contributed by atoms with Crippen molar-refractivity contribution in [1.29, 1.82) is 0 Å². The zero-order valence-corrected chi connectivity index (χ0v) is 13.3. The number of piperidine rings is 1. The zero-order valence-electron chi connectivity index (χ0n) is 11.1. The lowest BCUT2D eigenvalue weighted by Crippen LogP contribution is -2.48. The summed E-state index contributed by atoms with van der Waals surface area (Å²) in [4.78, 5) is 25.8. The van der Waals surface area contributed by atoms with Crippen LogP contribution in [-0.4, -0.2) is 41.6 Å². The van der Waals surface area contributed by atoms with E-state index < -0.39 is 6.04 Å². The van der Waals surface area contributed by atoms with Crippen molar-refractivity contribution in [1.82, 2.24) is 4.90 Å². The number of carbonyl (C=O) groups is 2. The van der Waals surface area contributed by atoms with Crippen LogP contribution in [0.5, 0.6) is 5.75 Å². The number of benzene rings is 1. The predicted molar refractivity (Wildman–Crippen MR) is 81.5 cm³/mol. The maximum atomic E-state index is 12.5. The number of amides is 1. The molecule has 1 N–H and O–H groups in total. The maximum Gasteiger partial charge on any atom is 0.328 e. The van der Waals surface area contributed by atoms with E-state index >= 15 is 0 Å². The molecule has 1 atom stereocenters. The second kappa shape index (κ2) is 6.43. The molecule has 0 aliphatic carbocycles. The van der Waals surface area contributed by atoms with Crippen LogP contribution in [0.2, 0.25) is 0 Å². The van der Waals surface area contributed by atoms with E-state index in [-0.39, 0.29) is 17.6 Å². The van der Waals surface area contributed by atoms with Crippen molar-refractivity contribution in [2.45, 2.75) is 25.3 Å². The summed E-state index contributed by atoms with van der Waals surface area (Å²) in [6, 6.07) is 4.25. The van der Waals surface area contributed by atoms with Gasteiger partial charge in [-0.25, -0.2) is 4.79 Å². The molecule has 20 heavy (non-hydrogen) atoms. The molecule has 1 aromatic rings. The van der Waals surface area contributed by atoms with Crippen LogP contribution >= 0.6 is 22.6 Å². The first kappa shape index (κ1) is 15.1. The van der Waals surface area contributed by atoms with Crippen LogP contribution in [-0.2, 0) is 9.53 Å². The molecule has 1 aliphatic heterocycles. The van der Waals surface area contributed by atoms with Crippen molar-refractivity contribution in [2.24, 2.45) is 0 Å². The molecule has 0 unspecified atom stereocenters. The van der Waals surface area contributed by atoms with E-state index in [0.717, 1.165) is 12.8 Å². The first-order valence-corrected chi connectivity index (χ1v) is 7.49. The molecule has 1 fully saturated rings. The van der Waals surface area contributed by atoms with E-state index in [2.05, 4.69) is 0 Å². The van der Waals surface area contributed by atoms with Crippen molar-refractivity contribution in [3.05, 3.63) is 27.3 Å². The first-order chi connectivity index (χ1) is 9.54. The average Bonchev–Trinajstić information content (AvgIpc) is 2.48. The van der Waals surface area contributed by atoms with Crippen molar-refractivity contribution < 1.29 is 19.4 Å². The van der Waals surface area contributed by atoms with E-state index in [9.17, 15) is 14.7 Å². The number of hydrogen-bond acceptors (Lipinski definition) is 4. The molecule has 1 aromatic carbocycles. The number of likely N-dealkylation sites (tertiary alicyclic amines) is 1. The molecule has 5 nitrogen and oxygen atoms in total. The van der Waals surface area contributed by atoms with Gasteiger partial charge in [-0.05, 0) is 60.1 Å². The van der Waals surface area contributed by atoms with Gasteiger partial charge in [0.05, 0.1) is 10.7 Å². The summed E-state index contributed by atoms with van der Waals surface area (Å²) >= 11 is 1.99. The Bertz CT molecular complexity index is 532. The summed E-state index contributed by atoms with van der Waals surface area (Å²) in [7, 11) is 1.33. The standard InChI is InChI=1S/C14H16INO4/c1-20-14(19)11-4-2-3-7-16(11)13(18)9-5-6-10(15)12(17)8-9/h5-6,8,11,17H,2-4,7H2,1H3/t11-/m1/s1. The van der Waals surface area contributed by atoms with Gasteiger partial charge in [-0.1, -0.05) is 0 Å². The van der Waals surface area contributed by atoms with Gasteiger partial charge in [0.15, 0.2) is 0 Å². The SMILES string of the molecule is COC(=O)[C@H]1CCCCN1C(=O)c1ccc(I)c(O)c1. The predicted octanol–water partition coefficient (Wildman–Crippen LogP) is 2.16. The molecule has 1 aliphatic rings. The molecular weight excluding hydrogens is 373 g/mol. The lowest BCUT2D eigenvalue weighted by atomic mass is 10.0. The minimum atomic E-state index is -0.525. The Labute approximate surface area is 131 Å². The highest BCUT2D eigenvalue weighted by molar-refractivity contribution is 14.1. The molecule has 108 valence electrons. The largest absolute Gasteiger partial charge is 0.507 e. The Hall–Kier alpha value is -1.31. The van der Waals surface area contributed by atoms with Crippen molar-refractivity contribution in [3.8, 4) is 5.75 Å². The van der Waals surface area contributed by atoms with Gasteiger partial charge < -0.3 is 14.7 Å². The molecular formula is C14H16INO4. The second-order valence-corrected chi connectivity index (χ2v) is 5.86. The van der Waals surface area contributed by atoms with Gasteiger partial charge >= 0.3 is 5.97 Å². The van der Waals surface area contributed by atoms with E-state index in [1.54, 1.807) is 12.1 Å². The van der Waals surface area contributed by atoms with Crippen LogP contribution in [0.3, 0.4) is 0 Å². The summed E-state index contributed by atoms with van der Waals surface area (Å²) in [5.74, 6) is -0.553. The normalized spacial score (nSPS) is 18.7. The number of hydrogen-bond donors (Lipinski definition) is 1. The van der Waals surface area contributed by atoms with Gasteiger partial charge in [0.2, 0.25) is 0 Å². The third kappa shape index (κ3) is 3.05. The number of aromatic hydroxyl groups is 1. The quantitative estimate of drug-likeness (QED) is 0.622. The number of methoxy groups -OCH3 is 1. The number of nitrogens with zero attached hydrogens (tertiary/aromatic N) is 1. The number of halogens is 1. The monoisotopic (exact) mass is 389 g/mol. The van der Waals surface area contributed by atoms with Crippen LogP contribution in [0.1, 0.15) is 29.6 Å². The molecule has 6 heteroatoms. The number of ether oxygens (including phenoxy) is 1. The van der Waals surface area contributed by atoms with Crippen molar-refractivity contribution >= 4 is 34.5 Å². The number of phenols is 1. The van der Waals surface area contributed by atoms with Gasteiger partial charge in [-0.15, -0.1) is 0 Å². The van der Waals surface area contributed by atoms with Gasteiger partial charge in [0, 0.05) is 12.1 Å². The highest BCUT2D eigenvalue weighted by Gasteiger charge is 2.33. The Balaban J connectivity index is 2.25. The fourth-order valence-electron chi connectivity index (χ4n) is 2.37. The van der Waals surface area contributed by atoms with E-state index in [1.165, 1.54) is 18.1 Å². The molecule has 1 heterocycles. The molecule has 0 radical (unpaired) electrons. The topological polar surface area (TPSA) is 66.8 Å². The number of phenolic OH excluding ortho intramolecular Hbond substituents is 1. The molecule has 1 saturated heterocycles. The van der Waals surface area contributed by atoms with E-state index in [1.807, 2.05) is 22.6 Å². The second-order valence-electron chi connectivity index (χ2n) is 4.70. The smallest absolute Gasteiger partial charge is 0.328 e. The summed E-state index contributed by atoms with van der Waals surface area (Å²) in [6.07, 6.45) is 2.39. The van der Waals surface area contributed by atoms with Crippen LogP contribution in [0, 0.1) is 3.57 Å². The molecule has 0 bridgehead atoms. The van der Waals surface area contributed by atoms with Crippen molar-refractivity contribution in [3.63, 3.8) is 0 Å². The Kier molecular flexibility index (Phi) is 4.85. The lowest BCUT2D eigenvalue weighted by Gasteiger charge is -2.33. The maximum absolute atomic E-state index is 12.5. The van der Waals surface area contributed by atoms with Crippen LogP contribution in [0.25, 0.3) is 0 Å². The summed E-state index contributed by atoms with van der Waals surface area (Å²) in [6.45, 7) is 0.533. The average molecular weight is 389 g/mol. The lowest BCUT2D eigenvalue weighted by molar-refractivity contribution is -0.147. The molecule has 0 saturated carbocycles. The third-order valence-electron chi connectivity index (χ3n) is 3.43. The molecule has 1 amide bonds. The highest BCUT2D eigenvalue weighted by atomic mass is 127. The molecule has 0 aromatic heterocycles. The van der Waals surface area contributed by atoms with Gasteiger partial charge in [0.1, 0.15) is 11.8 Å². The Morgan fingerprint density at radius 1 is 1.40 bits per heavy atom. The molecule has 2 rings (SSSR count). The van der Waals surface area contributed by atoms with Gasteiger partial charge in [0.25, 0.3) is 5.91 Å². The fourth-order valence-corrected chi connectivity index (χ4v) is 2.70. The summed E-state index contributed by atoms with van der Waals surface area (Å²) in [5, 5.41) is 9.70.